The average Bonchev–Trinajstić information content (AvgIpc) is 2.48. The SMILES string of the molecule is Cc1c(O)cc(C(=O)O)cc1OC(=O)c1cc(O)c(O)c(O)c1. The van der Waals surface area contributed by atoms with Crippen molar-refractivity contribution in [2.24, 2.45) is 0 Å². The highest BCUT2D eigenvalue weighted by Gasteiger charge is 2.18. The van der Waals surface area contributed by atoms with Crippen LogP contribution in [-0.2, 0) is 0 Å². The molecule has 0 aromatic heterocycles. The Morgan fingerprint density at radius 3 is 1.91 bits per heavy atom. The summed E-state index contributed by atoms with van der Waals surface area (Å²) < 4.78 is 4.99. The van der Waals surface area contributed by atoms with Crippen LogP contribution in [0, 0.1) is 6.92 Å². The lowest BCUT2D eigenvalue weighted by Gasteiger charge is -2.11. The van der Waals surface area contributed by atoms with Gasteiger partial charge >= 0.3 is 11.9 Å². The largest absolute Gasteiger partial charge is 0.508 e. The number of phenolic OH excluding ortho intramolecular Hbond substituents is 4. The maximum Gasteiger partial charge on any atom is 0.343 e. The summed E-state index contributed by atoms with van der Waals surface area (Å²) in [7, 11) is 0. The molecule has 0 saturated heterocycles. The van der Waals surface area contributed by atoms with Crippen molar-refractivity contribution in [3.8, 4) is 28.7 Å². The summed E-state index contributed by atoms with van der Waals surface area (Å²) in [6.07, 6.45) is 0. The normalized spacial score (nSPS) is 10.3. The Labute approximate surface area is 129 Å². The molecule has 0 amide bonds. The van der Waals surface area contributed by atoms with Gasteiger partial charge in [0.25, 0.3) is 0 Å². The lowest BCUT2D eigenvalue weighted by atomic mass is 10.1. The smallest absolute Gasteiger partial charge is 0.343 e. The Kier molecular flexibility index (Phi) is 4.00. The van der Waals surface area contributed by atoms with E-state index >= 15 is 0 Å². The van der Waals surface area contributed by atoms with Gasteiger partial charge in [-0.25, -0.2) is 9.59 Å². The second kappa shape index (κ2) is 5.76. The molecule has 8 nitrogen and oxygen atoms in total. The van der Waals surface area contributed by atoms with Gasteiger partial charge in [0.05, 0.1) is 11.1 Å². The van der Waals surface area contributed by atoms with Crippen molar-refractivity contribution in [1.82, 2.24) is 0 Å². The Morgan fingerprint density at radius 2 is 1.39 bits per heavy atom. The highest BCUT2D eigenvalue weighted by molar-refractivity contribution is 5.94. The Hall–Kier alpha value is -3.42. The fraction of sp³-hybridized carbons (Fsp3) is 0.0667. The van der Waals surface area contributed by atoms with Gasteiger partial charge in [0, 0.05) is 5.56 Å². The van der Waals surface area contributed by atoms with Crippen LogP contribution in [0.3, 0.4) is 0 Å². The number of hydrogen-bond donors (Lipinski definition) is 5. The average molecular weight is 320 g/mol. The van der Waals surface area contributed by atoms with Crippen molar-refractivity contribution in [2.45, 2.75) is 6.92 Å². The van der Waals surface area contributed by atoms with E-state index in [2.05, 4.69) is 0 Å². The van der Waals surface area contributed by atoms with E-state index in [4.69, 9.17) is 9.84 Å². The van der Waals surface area contributed by atoms with Gasteiger partial charge in [-0.3, -0.25) is 0 Å². The molecule has 0 aliphatic heterocycles. The van der Waals surface area contributed by atoms with Crippen molar-refractivity contribution >= 4 is 11.9 Å². The second-order valence-electron chi connectivity index (χ2n) is 4.68. The van der Waals surface area contributed by atoms with Crippen molar-refractivity contribution in [1.29, 1.82) is 0 Å². The van der Waals surface area contributed by atoms with Crippen LogP contribution in [0.1, 0.15) is 26.3 Å². The van der Waals surface area contributed by atoms with Crippen LogP contribution in [0.5, 0.6) is 28.7 Å². The van der Waals surface area contributed by atoms with Crippen LogP contribution in [0.2, 0.25) is 0 Å². The summed E-state index contributed by atoms with van der Waals surface area (Å²) in [6.45, 7) is 1.41. The minimum atomic E-state index is -1.32. The Morgan fingerprint density at radius 1 is 0.870 bits per heavy atom. The molecule has 0 aliphatic rings. The van der Waals surface area contributed by atoms with E-state index in [-0.39, 0.29) is 28.2 Å². The molecule has 5 N–H and O–H groups in total. The first kappa shape index (κ1) is 16.0. The first-order valence-electron chi connectivity index (χ1n) is 6.24. The fourth-order valence-corrected chi connectivity index (χ4v) is 1.78. The van der Waals surface area contributed by atoms with E-state index in [0.29, 0.717) is 0 Å². The van der Waals surface area contributed by atoms with Gasteiger partial charge < -0.3 is 30.3 Å². The van der Waals surface area contributed by atoms with E-state index in [0.717, 1.165) is 24.3 Å². The van der Waals surface area contributed by atoms with Crippen LogP contribution in [0.4, 0.5) is 0 Å². The van der Waals surface area contributed by atoms with Crippen LogP contribution < -0.4 is 4.74 Å². The molecule has 2 aromatic rings. The van der Waals surface area contributed by atoms with Crippen LogP contribution in [0.15, 0.2) is 24.3 Å². The number of aromatic carboxylic acids is 1. The van der Waals surface area contributed by atoms with E-state index in [1.54, 1.807) is 0 Å². The number of carboxylic acids is 1. The standard InChI is InChI=1S/C15H12O8/c1-6-9(16)2-7(14(20)21)5-12(6)23-15(22)8-3-10(17)13(19)11(18)4-8/h2-5,16-19H,1H3,(H,20,21). The summed E-state index contributed by atoms with van der Waals surface area (Å²) in [5.41, 5.74) is -0.430. The highest BCUT2D eigenvalue weighted by atomic mass is 16.5. The molecular weight excluding hydrogens is 308 g/mol. The lowest BCUT2D eigenvalue weighted by molar-refractivity contribution is 0.0686. The minimum Gasteiger partial charge on any atom is -0.508 e. The molecule has 0 saturated carbocycles. The molecule has 23 heavy (non-hydrogen) atoms. The maximum absolute atomic E-state index is 12.0. The predicted molar refractivity (Wildman–Crippen MR) is 76.2 cm³/mol. The number of aromatic hydroxyl groups is 4. The van der Waals surface area contributed by atoms with Gasteiger partial charge in [-0.05, 0) is 31.2 Å². The van der Waals surface area contributed by atoms with E-state index in [1.165, 1.54) is 6.92 Å². The summed E-state index contributed by atoms with van der Waals surface area (Å²) >= 11 is 0. The molecule has 0 radical (unpaired) electrons. The third-order valence-electron chi connectivity index (χ3n) is 3.09. The number of esters is 1. The molecular formula is C15H12O8. The molecule has 120 valence electrons. The van der Waals surface area contributed by atoms with E-state index in [9.17, 15) is 30.0 Å². The molecule has 0 heterocycles. The molecule has 8 heteroatoms. The lowest BCUT2D eigenvalue weighted by Crippen LogP contribution is -2.10. The molecule has 0 bridgehead atoms. The summed E-state index contributed by atoms with van der Waals surface area (Å²) in [5, 5.41) is 46.6. The molecule has 0 unspecified atom stereocenters. The maximum atomic E-state index is 12.0. The minimum absolute atomic E-state index is 0.135. The van der Waals surface area contributed by atoms with Crippen molar-refractivity contribution in [3.63, 3.8) is 0 Å². The van der Waals surface area contributed by atoms with Gasteiger partial charge in [0.1, 0.15) is 11.5 Å². The van der Waals surface area contributed by atoms with E-state index in [1.807, 2.05) is 0 Å². The number of rotatable bonds is 3. The van der Waals surface area contributed by atoms with Gasteiger partial charge in [-0.15, -0.1) is 0 Å². The first-order chi connectivity index (χ1) is 10.7. The second-order valence-corrected chi connectivity index (χ2v) is 4.68. The zero-order chi connectivity index (χ0) is 17.3. The number of hydrogen-bond acceptors (Lipinski definition) is 7. The third-order valence-corrected chi connectivity index (χ3v) is 3.09. The third kappa shape index (κ3) is 3.10. The van der Waals surface area contributed by atoms with Gasteiger partial charge in [-0.2, -0.15) is 0 Å². The molecule has 0 aliphatic carbocycles. The quantitative estimate of drug-likeness (QED) is 0.327. The summed E-state index contributed by atoms with van der Waals surface area (Å²) in [4.78, 5) is 23.0. The van der Waals surface area contributed by atoms with Crippen molar-refractivity contribution < 1.29 is 39.9 Å². The summed E-state index contributed by atoms with van der Waals surface area (Å²) in [6, 6.07) is 3.80. The van der Waals surface area contributed by atoms with E-state index < -0.39 is 29.2 Å². The van der Waals surface area contributed by atoms with Gasteiger partial charge in [-0.1, -0.05) is 0 Å². The number of phenols is 4. The number of ether oxygens (including phenoxy) is 1. The van der Waals surface area contributed by atoms with Crippen LogP contribution in [-0.4, -0.2) is 37.5 Å². The molecule has 2 rings (SSSR count). The fourth-order valence-electron chi connectivity index (χ4n) is 1.78. The number of benzene rings is 2. The first-order valence-corrected chi connectivity index (χ1v) is 6.24. The Balaban J connectivity index is 2.39. The molecule has 0 spiro atoms. The summed E-state index contributed by atoms with van der Waals surface area (Å²) in [5.74, 6) is -5.16. The van der Waals surface area contributed by atoms with Gasteiger partial charge in [0.15, 0.2) is 17.2 Å². The molecule has 0 fully saturated rings. The zero-order valence-electron chi connectivity index (χ0n) is 11.8. The van der Waals surface area contributed by atoms with Crippen LogP contribution >= 0.6 is 0 Å². The number of carbonyl (C=O) groups is 2. The number of carbonyl (C=O) groups excluding carboxylic acids is 1. The number of carboxylic acid groups (broad SMARTS) is 1. The highest BCUT2D eigenvalue weighted by Crippen LogP contribution is 2.36. The topological polar surface area (TPSA) is 145 Å². The Bertz CT molecular complexity index is 786. The van der Waals surface area contributed by atoms with Crippen molar-refractivity contribution in [3.05, 3.63) is 41.0 Å². The monoisotopic (exact) mass is 320 g/mol. The van der Waals surface area contributed by atoms with Crippen molar-refractivity contribution in [2.75, 3.05) is 0 Å². The van der Waals surface area contributed by atoms with Crippen LogP contribution in [0.25, 0.3) is 0 Å². The predicted octanol–water partition coefficient (Wildman–Crippen LogP) is 1.73. The zero-order valence-corrected chi connectivity index (χ0v) is 11.8. The van der Waals surface area contributed by atoms with Gasteiger partial charge in [0.2, 0.25) is 0 Å². The molecule has 2 aromatic carbocycles. The molecule has 0 atom stereocenters.